The third kappa shape index (κ3) is 2.43. The lowest BCUT2D eigenvalue weighted by Gasteiger charge is -2.10. The normalized spacial score (nSPS) is 19.7. The highest BCUT2D eigenvalue weighted by atomic mass is 79.9. The number of pyridine rings is 1. The number of nitrogens with one attached hydrogen (secondary N) is 1. The zero-order valence-corrected chi connectivity index (χ0v) is 11.7. The molecule has 3 heterocycles. The first-order valence-electron chi connectivity index (χ1n) is 6.28. The molecule has 0 saturated carbocycles. The van der Waals surface area contributed by atoms with Gasteiger partial charge in [-0.15, -0.1) is 0 Å². The molecule has 1 aliphatic rings. The lowest BCUT2D eigenvalue weighted by atomic mass is 10.2. The third-order valence-electron chi connectivity index (χ3n) is 3.26. The van der Waals surface area contributed by atoms with E-state index in [0.717, 1.165) is 35.6 Å². The molecule has 2 aromatic rings. The minimum absolute atomic E-state index is 0.375. The molecule has 2 aromatic heterocycles. The summed E-state index contributed by atoms with van der Waals surface area (Å²) in [5.74, 6) is 1.02. The monoisotopic (exact) mass is 309 g/mol. The Morgan fingerprint density at radius 2 is 2.44 bits per heavy atom. The van der Waals surface area contributed by atoms with Crippen molar-refractivity contribution in [2.45, 2.75) is 25.5 Å². The average molecular weight is 310 g/mol. The van der Waals surface area contributed by atoms with Gasteiger partial charge in [0.25, 0.3) is 0 Å². The molecule has 3 rings (SSSR count). The SMILES string of the molecule is Brc1nc(CNCC2CCCO2)n2ccccc12. The van der Waals surface area contributed by atoms with Crippen LogP contribution in [0.4, 0.5) is 0 Å². The Morgan fingerprint density at radius 3 is 3.28 bits per heavy atom. The molecule has 18 heavy (non-hydrogen) atoms. The van der Waals surface area contributed by atoms with Crippen LogP contribution in [0.2, 0.25) is 0 Å². The summed E-state index contributed by atoms with van der Waals surface area (Å²) in [6.45, 7) is 2.57. The molecule has 0 bridgehead atoms. The molecule has 1 fully saturated rings. The van der Waals surface area contributed by atoms with Gasteiger partial charge >= 0.3 is 0 Å². The molecule has 0 spiro atoms. The van der Waals surface area contributed by atoms with E-state index < -0.39 is 0 Å². The van der Waals surface area contributed by atoms with Crippen molar-refractivity contribution in [1.82, 2.24) is 14.7 Å². The molecule has 0 radical (unpaired) electrons. The summed E-state index contributed by atoms with van der Waals surface area (Å²) in [4.78, 5) is 4.53. The third-order valence-corrected chi connectivity index (χ3v) is 3.84. The van der Waals surface area contributed by atoms with Crippen LogP contribution in [-0.4, -0.2) is 28.6 Å². The fourth-order valence-electron chi connectivity index (χ4n) is 2.34. The highest BCUT2D eigenvalue weighted by Crippen LogP contribution is 2.18. The second-order valence-electron chi connectivity index (χ2n) is 4.54. The number of fused-ring (bicyclic) bond motifs is 1. The van der Waals surface area contributed by atoms with Gasteiger partial charge in [0.05, 0.1) is 18.2 Å². The molecular weight excluding hydrogens is 294 g/mol. The van der Waals surface area contributed by atoms with E-state index in [0.29, 0.717) is 6.10 Å². The maximum atomic E-state index is 5.58. The second kappa shape index (κ2) is 5.38. The Labute approximate surface area is 114 Å². The van der Waals surface area contributed by atoms with Crippen molar-refractivity contribution in [3.8, 4) is 0 Å². The van der Waals surface area contributed by atoms with Gasteiger partial charge in [-0.05, 0) is 40.9 Å². The minimum atomic E-state index is 0.375. The van der Waals surface area contributed by atoms with Crippen LogP contribution in [0.3, 0.4) is 0 Å². The van der Waals surface area contributed by atoms with Gasteiger partial charge in [-0.1, -0.05) is 6.07 Å². The molecule has 5 heteroatoms. The summed E-state index contributed by atoms with van der Waals surface area (Å²) >= 11 is 3.49. The molecular formula is C13H16BrN3O. The number of aromatic nitrogens is 2. The summed E-state index contributed by atoms with van der Waals surface area (Å²) in [6.07, 6.45) is 4.76. The van der Waals surface area contributed by atoms with Gasteiger partial charge < -0.3 is 14.5 Å². The van der Waals surface area contributed by atoms with Crippen molar-refractivity contribution in [2.24, 2.45) is 0 Å². The summed E-state index contributed by atoms with van der Waals surface area (Å²) in [6, 6.07) is 6.09. The van der Waals surface area contributed by atoms with E-state index in [-0.39, 0.29) is 0 Å². The summed E-state index contributed by atoms with van der Waals surface area (Å²) in [7, 11) is 0. The number of hydrogen-bond acceptors (Lipinski definition) is 3. The van der Waals surface area contributed by atoms with Crippen LogP contribution in [0.25, 0.3) is 5.52 Å². The maximum absolute atomic E-state index is 5.58. The average Bonchev–Trinajstić information content (AvgIpc) is 3.00. The maximum Gasteiger partial charge on any atom is 0.132 e. The van der Waals surface area contributed by atoms with E-state index in [1.807, 2.05) is 18.3 Å². The molecule has 0 aliphatic carbocycles. The molecule has 0 aromatic carbocycles. The van der Waals surface area contributed by atoms with E-state index in [1.165, 1.54) is 12.8 Å². The predicted molar refractivity (Wildman–Crippen MR) is 73.6 cm³/mol. The standard InChI is InChI=1S/C13H16BrN3O/c14-13-11-5-1-2-6-17(11)12(16-13)9-15-8-10-4-3-7-18-10/h1-2,5-6,10,15H,3-4,7-9H2. The Morgan fingerprint density at radius 1 is 1.50 bits per heavy atom. The lowest BCUT2D eigenvalue weighted by Crippen LogP contribution is -2.26. The summed E-state index contributed by atoms with van der Waals surface area (Å²) in [5, 5.41) is 3.42. The summed E-state index contributed by atoms with van der Waals surface area (Å²) in [5.41, 5.74) is 1.10. The highest BCUT2D eigenvalue weighted by molar-refractivity contribution is 9.10. The smallest absolute Gasteiger partial charge is 0.132 e. The second-order valence-corrected chi connectivity index (χ2v) is 5.29. The van der Waals surface area contributed by atoms with Crippen LogP contribution >= 0.6 is 15.9 Å². The van der Waals surface area contributed by atoms with Crippen LogP contribution in [0.15, 0.2) is 29.0 Å². The minimum Gasteiger partial charge on any atom is -0.377 e. The van der Waals surface area contributed by atoms with Crippen molar-refractivity contribution in [3.05, 3.63) is 34.8 Å². The fraction of sp³-hybridized carbons (Fsp3) is 0.462. The number of hydrogen-bond donors (Lipinski definition) is 1. The zero-order chi connectivity index (χ0) is 12.4. The molecule has 1 unspecified atom stereocenters. The van der Waals surface area contributed by atoms with Crippen molar-refractivity contribution in [3.63, 3.8) is 0 Å². The number of ether oxygens (including phenoxy) is 1. The van der Waals surface area contributed by atoms with E-state index in [2.05, 4.69) is 36.7 Å². The van der Waals surface area contributed by atoms with Gasteiger partial charge in [-0.25, -0.2) is 4.98 Å². The van der Waals surface area contributed by atoms with Gasteiger partial charge in [-0.2, -0.15) is 0 Å². The molecule has 1 N–H and O–H groups in total. The fourth-order valence-corrected chi connectivity index (χ4v) is 2.86. The molecule has 0 amide bonds. The number of rotatable bonds is 4. The van der Waals surface area contributed by atoms with Gasteiger partial charge in [0.1, 0.15) is 10.4 Å². The van der Waals surface area contributed by atoms with Gasteiger partial charge in [-0.3, -0.25) is 0 Å². The topological polar surface area (TPSA) is 38.6 Å². The van der Waals surface area contributed by atoms with E-state index in [1.54, 1.807) is 0 Å². The van der Waals surface area contributed by atoms with Crippen LogP contribution in [-0.2, 0) is 11.3 Å². The van der Waals surface area contributed by atoms with Crippen LogP contribution in [0.1, 0.15) is 18.7 Å². The predicted octanol–water partition coefficient (Wildman–Crippen LogP) is 2.37. The number of halogens is 1. The number of imidazole rings is 1. The first-order valence-corrected chi connectivity index (χ1v) is 7.07. The van der Waals surface area contributed by atoms with Crippen molar-refractivity contribution in [1.29, 1.82) is 0 Å². The Hall–Kier alpha value is -0.910. The largest absolute Gasteiger partial charge is 0.377 e. The lowest BCUT2D eigenvalue weighted by molar-refractivity contribution is 0.110. The van der Waals surface area contributed by atoms with Crippen LogP contribution in [0, 0.1) is 0 Å². The van der Waals surface area contributed by atoms with Gasteiger partial charge in [0.15, 0.2) is 0 Å². The first-order chi connectivity index (χ1) is 8.84. The molecule has 4 nitrogen and oxygen atoms in total. The van der Waals surface area contributed by atoms with Gasteiger partial charge in [0.2, 0.25) is 0 Å². The quantitative estimate of drug-likeness (QED) is 0.942. The van der Waals surface area contributed by atoms with Crippen molar-refractivity contribution < 1.29 is 4.74 Å². The highest BCUT2D eigenvalue weighted by Gasteiger charge is 2.15. The van der Waals surface area contributed by atoms with E-state index in [4.69, 9.17) is 4.74 Å². The van der Waals surface area contributed by atoms with Crippen molar-refractivity contribution >= 4 is 21.4 Å². The Bertz CT molecular complexity index is 534. The van der Waals surface area contributed by atoms with Crippen molar-refractivity contribution in [2.75, 3.05) is 13.2 Å². The Kier molecular flexibility index (Phi) is 3.63. The zero-order valence-electron chi connectivity index (χ0n) is 10.1. The molecule has 96 valence electrons. The van der Waals surface area contributed by atoms with Crippen LogP contribution < -0.4 is 5.32 Å². The molecule has 1 atom stereocenters. The number of nitrogens with zero attached hydrogens (tertiary/aromatic N) is 2. The molecule has 1 aliphatic heterocycles. The van der Waals surface area contributed by atoms with Crippen LogP contribution in [0.5, 0.6) is 0 Å². The van der Waals surface area contributed by atoms with Gasteiger partial charge in [0, 0.05) is 19.3 Å². The van der Waals surface area contributed by atoms with E-state index >= 15 is 0 Å². The van der Waals surface area contributed by atoms with E-state index in [9.17, 15) is 0 Å². The summed E-state index contributed by atoms with van der Waals surface area (Å²) < 4.78 is 8.59. The molecule has 1 saturated heterocycles. The first kappa shape index (κ1) is 12.1. The Balaban J connectivity index is 1.67.